The third kappa shape index (κ3) is 1.62. The molecule has 21 heavy (non-hydrogen) atoms. The van der Waals surface area contributed by atoms with Crippen LogP contribution in [-0.4, -0.2) is 20.1 Å². The van der Waals surface area contributed by atoms with Crippen LogP contribution in [0, 0.1) is 11.0 Å². The number of fused-ring (bicyclic) bond motifs is 3. The first kappa shape index (κ1) is 11.9. The minimum Gasteiger partial charge on any atom is -0.427 e. The van der Waals surface area contributed by atoms with Gasteiger partial charge in [0.1, 0.15) is 11.5 Å². The molecule has 0 aliphatic heterocycles. The molecular formula is C13H9FN4O3. The lowest BCUT2D eigenvalue weighted by Gasteiger charge is -2.07. The molecular weight excluding hydrogens is 279 g/mol. The van der Waals surface area contributed by atoms with Gasteiger partial charge in [-0.25, -0.2) is 9.37 Å². The highest BCUT2D eigenvalue weighted by atomic mass is 19.1. The maximum atomic E-state index is 13.0. The Labute approximate surface area is 117 Å². The van der Waals surface area contributed by atoms with Crippen LogP contribution < -0.4 is 4.90 Å². The van der Waals surface area contributed by atoms with Crippen LogP contribution in [0.5, 0.6) is 0 Å². The van der Waals surface area contributed by atoms with Gasteiger partial charge in [0, 0.05) is 23.6 Å². The van der Waals surface area contributed by atoms with E-state index in [0.717, 1.165) is 4.73 Å². The minimum atomic E-state index is -0.370. The number of rotatable bonds is 1. The van der Waals surface area contributed by atoms with Gasteiger partial charge in [-0.3, -0.25) is 4.63 Å². The second-order valence-corrected chi connectivity index (χ2v) is 4.77. The standard InChI is InChI=1S/C13H9FN4O3/c14-8-3-1-7(2-4-8)13-15-11-9(17(13)19)5-6-10-12(11)16-21-18(10)20/h1-4,19H,5-6H2. The molecule has 0 radical (unpaired) electrons. The van der Waals surface area contributed by atoms with Crippen molar-refractivity contribution in [1.82, 2.24) is 14.9 Å². The second-order valence-electron chi connectivity index (χ2n) is 4.77. The minimum absolute atomic E-state index is 0.272. The van der Waals surface area contributed by atoms with Crippen LogP contribution in [0.15, 0.2) is 28.9 Å². The zero-order chi connectivity index (χ0) is 14.6. The van der Waals surface area contributed by atoms with Gasteiger partial charge in [0.05, 0.1) is 5.69 Å². The quantitative estimate of drug-likeness (QED) is 0.538. The third-order valence-corrected chi connectivity index (χ3v) is 3.57. The number of hydrogen-bond donors (Lipinski definition) is 1. The van der Waals surface area contributed by atoms with Crippen molar-refractivity contribution in [2.45, 2.75) is 12.8 Å². The molecule has 2 aromatic heterocycles. The second kappa shape index (κ2) is 4.05. The summed E-state index contributed by atoms with van der Waals surface area (Å²) in [6.45, 7) is 0. The van der Waals surface area contributed by atoms with Crippen LogP contribution in [0.1, 0.15) is 11.4 Å². The van der Waals surface area contributed by atoms with E-state index in [1.54, 1.807) is 0 Å². The fraction of sp³-hybridized carbons (Fsp3) is 0.154. The average molecular weight is 288 g/mol. The Morgan fingerprint density at radius 3 is 2.76 bits per heavy atom. The summed E-state index contributed by atoms with van der Waals surface area (Å²) in [5.41, 5.74) is 2.26. The lowest BCUT2D eigenvalue weighted by molar-refractivity contribution is -0.807. The first-order chi connectivity index (χ1) is 10.1. The molecule has 1 N–H and O–H groups in total. The van der Waals surface area contributed by atoms with Crippen LogP contribution in [0.2, 0.25) is 0 Å². The number of hydrogen-bond acceptors (Lipinski definition) is 5. The lowest BCUT2D eigenvalue weighted by atomic mass is 10.0. The summed E-state index contributed by atoms with van der Waals surface area (Å²) in [5.74, 6) is -0.0981. The van der Waals surface area contributed by atoms with E-state index < -0.39 is 0 Å². The smallest absolute Gasteiger partial charge is 0.271 e. The van der Waals surface area contributed by atoms with Crippen molar-refractivity contribution in [1.29, 1.82) is 0 Å². The van der Waals surface area contributed by atoms with Crippen molar-refractivity contribution in [2.75, 3.05) is 0 Å². The van der Waals surface area contributed by atoms with Gasteiger partial charge >= 0.3 is 0 Å². The van der Waals surface area contributed by atoms with E-state index in [2.05, 4.69) is 14.8 Å². The molecule has 1 aromatic carbocycles. The zero-order valence-electron chi connectivity index (χ0n) is 10.7. The summed E-state index contributed by atoms with van der Waals surface area (Å²) < 4.78 is 18.5. The Kier molecular flexibility index (Phi) is 2.29. The van der Waals surface area contributed by atoms with Gasteiger partial charge in [-0.05, 0) is 29.2 Å². The molecule has 0 bridgehead atoms. The van der Waals surface area contributed by atoms with Crippen molar-refractivity contribution in [3.05, 3.63) is 46.7 Å². The van der Waals surface area contributed by atoms with Crippen LogP contribution in [-0.2, 0) is 12.8 Å². The Hall–Kier alpha value is -2.90. The topological polar surface area (TPSA) is 91.0 Å². The molecule has 3 aromatic rings. The highest BCUT2D eigenvalue weighted by Crippen LogP contribution is 2.33. The van der Waals surface area contributed by atoms with Gasteiger partial charge in [-0.2, -0.15) is 4.73 Å². The van der Waals surface area contributed by atoms with E-state index in [1.165, 1.54) is 24.3 Å². The van der Waals surface area contributed by atoms with E-state index in [0.29, 0.717) is 46.1 Å². The molecule has 0 fully saturated rings. The zero-order valence-corrected chi connectivity index (χ0v) is 10.7. The summed E-state index contributed by atoms with van der Waals surface area (Å²) in [6, 6.07) is 5.62. The molecule has 1 aliphatic rings. The molecule has 0 amide bonds. The number of benzene rings is 1. The predicted molar refractivity (Wildman–Crippen MR) is 66.7 cm³/mol. The lowest BCUT2D eigenvalue weighted by Crippen LogP contribution is -2.29. The number of halogens is 1. The maximum absolute atomic E-state index is 13.0. The maximum Gasteiger partial charge on any atom is 0.271 e. The van der Waals surface area contributed by atoms with Crippen LogP contribution in [0.25, 0.3) is 22.8 Å². The molecule has 1 aliphatic carbocycles. The molecule has 8 heteroatoms. The Bertz CT molecular complexity index is 838. The van der Waals surface area contributed by atoms with E-state index in [4.69, 9.17) is 0 Å². The van der Waals surface area contributed by atoms with Crippen molar-refractivity contribution in [2.24, 2.45) is 0 Å². The first-order valence-electron chi connectivity index (χ1n) is 6.31. The largest absolute Gasteiger partial charge is 0.427 e. The number of aromatic nitrogens is 4. The normalized spacial score (nSPS) is 13.0. The fourth-order valence-corrected chi connectivity index (χ4v) is 2.54. The van der Waals surface area contributed by atoms with Gasteiger partial charge in [-0.15, -0.1) is 0 Å². The molecule has 0 saturated heterocycles. The molecule has 0 unspecified atom stereocenters. The molecule has 7 nitrogen and oxygen atoms in total. The van der Waals surface area contributed by atoms with Gasteiger partial charge in [-0.1, -0.05) is 0 Å². The molecule has 4 rings (SSSR count). The summed E-state index contributed by atoms with van der Waals surface area (Å²) >= 11 is 0. The summed E-state index contributed by atoms with van der Waals surface area (Å²) in [5, 5.41) is 25.4. The Morgan fingerprint density at radius 1 is 1.24 bits per heavy atom. The summed E-state index contributed by atoms with van der Waals surface area (Å²) in [6.07, 6.45) is 0.848. The highest BCUT2D eigenvalue weighted by molar-refractivity contribution is 5.67. The SMILES string of the molecule is [O-][n+]1onc2c1CCc1c-2nc(-c2ccc(F)cc2)n1O. The monoisotopic (exact) mass is 288 g/mol. The fourth-order valence-electron chi connectivity index (χ4n) is 2.54. The summed E-state index contributed by atoms with van der Waals surface area (Å²) in [7, 11) is 0. The van der Waals surface area contributed by atoms with Crippen molar-refractivity contribution < 1.29 is 19.1 Å². The Balaban J connectivity index is 1.90. The number of imidazole rings is 1. The van der Waals surface area contributed by atoms with Crippen molar-refractivity contribution in [3.63, 3.8) is 0 Å². The van der Waals surface area contributed by atoms with E-state index in [-0.39, 0.29) is 11.6 Å². The van der Waals surface area contributed by atoms with Gasteiger partial charge in [0.15, 0.2) is 5.82 Å². The third-order valence-electron chi connectivity index (χ3n) is 3.57. The summed E-state index contributed by atoms with van der Waals surface area (Å²) in [4.78, 5) is 4.67. The predicted octanol–water partition coefficient (Wildman–Crippen LogP) is 1.31. The van der Waals surface area contributed by atoms with E-state index >= 15 is 0 Å². The van der Waals surface area contributed by atoms with Gasteiger partial charge in [0.25, 0.3) is 5.69 Å². The molecule has 0 spiro atoms. The van der Waals surface area contributed by atoms with Crippen molar-refractivity contribution in [3.8, 4) is 22.8 Å². The van der Waals surface area contributed by atoms with Gasteiger partial charge in [0.2, 0.25) is 5.69 Å². The first-order valence-corrected chi connectivity index (χ1v) is 6.31. The highest BCUT2D eigenvalue weighted by Gasteiger charge is 2.33. The van der Waals surface area contributed by atoms with Gasteiger partial charge < -0.3 is 10.4 Å². The molecule has 0 atom stereocenters. The van der Waals surface area contributed by atoms with Crippen molar-refractivity contribution >= 4 is 0 Å². The molecule has 0 saturated carbocycles. The van der Waals surface area contributed by atoms with Crippen LogP contribution in [0.3, 0.4) is 0 Å². The van der Waals surface area contributed by atoms with E-state index in [9.17, 15) is 14.8 Å². The van der Waals surface area contributed by atoms with Crippen LogP contribution >= 0.6 is 0 Å². The Morgan fingerprint density at radius 2 is 2.00 bits per heavy atom. The van der Waals surface area contributed by atoms with Crippen LogP contribution in [0.4, 0.5) is 4.39 Å². The molecule has 106 valence electrons. The van der Waals surface area contributed by atoms with E-state index in [1.807, 2.05) is 0 Å². The number of nitrogens with zero attached hydrogens (tertiary/aromatic N) is 4. The average Bonchev–Trinajstić information content (AvgIpc) is 3.02. The molecule has 2 heterocycles.